The maximum atomic E-state index is 13.5. The fraction of sp³-hybridized carbons (Fsp3) is 0.609. The number of nitrogens with one attached hydrogen (secondary N) is 3. The van der Waals surface area contributed by atoms with Crippen LogP contribution in [0.15, 0.2) is 30.3 Å². The fourth-order valence-electron chi connectivity index (χ4n) is 4.06. The van der Waals surface area contributed by atoms with Gasteiger partial charge in [-0.3, -0.25) is 19.6 Å². The minimum Gasteiger partial charge on any atom is -0.382 e. The monoisotopic (exact) mass is 465 g/mol. The molecule has 0 saturated carbocycles. The molecule has 0 aliphatic carbocycles. The first-order valence-electron chi connectivity index (χ1n) is 11.1. The Balaban J connectivity index is 2.29. The van der Waals surface area contributed by atoms with Crippen molar-refractivity contribution in [3.63, 3.8) is 0 Å². The molecular weight excluding hydrogens is 430 g/mol. The zero-order valence-corrected chi connectivity index (χ0v) is 19.6. The molecule has 1 aliphatic heterocycles. The molecule has 0 radical (unpaired) electrons. The average molecular weight is 466 g/mol. The highest BCUT2D eigenvalue weighted by molar-refractivity contribution is 5.90. The van der Waals surface area contributed by atoms with Gasteiger partial charge in [-0.2, -0.15) is 0 Å². The van der Waals surface area contributed by atoms with Crippen LogP contribution in [0.2, 0.25) is 0 Å². The Hall–Kier alpha value is -2.53. The van der Waals surface area contributed by atoms with Gasteiger partial charge in [0.1, 0.15) is 12.1 Å². The molecule has 1 aromatic rings. The first-order chi connectivity index (χ1) is 15.8. The predicted octanol–water partition coefficient (Wildman–Crippen LogP) is 0.632. The highest BCUT2D eigenvalue weighted by Gasteiger charge is 2.52. The molecule has 33 heavy (non-hydrogen) atoms. The van der Waals surface area contributed by atoms with Gasteiger partial charge < -0.3 is 24.8 Å². The molecule has 1 aromatic carbocycles. The van der Waals surface area contributed by atoms with Crippen LogP contribution < -0.4 is 16.1 Å². The molecule has 10 nitrogen and oxygen atoms in total. The van der Waals surface area contributed by atoms with Crippen molar-refractivity contribution < 1.29 is 33.8 Å². The van der Waals surface area contributed by atoms with E-state index in [1.807, 2.05) is 44.2 Å². The van der Waals surface area contributed by atoms with E-state index in [0.717, 1.165) is 5.56 Å². The van der Waals surface area contributed by atoms with Gasteiger partial charge in [-0.1, -0.05) is 44.2 Å². The van der Waals surface area contributed by atoms with Gasteiger partial charge in [0.2, 0.25) is 11.8 Å². The summed E-state index contributed by atoms with van der Waals surface area (Å²) in [5.74, 6) is -2.83. The van der Waals surface area contributed by atoms with Gasteiger partial charge in [-0.25, -0.2) is 5.48 Å². The van der Waals surface area contributed by atoms with Crippen molar-refractivity contribution in [2.45, 2.75) is 45.1 Å². The lowest BCUT2D eigenvalue weighted by Crippen LogP contribution is -2.51. The number of likely N-dealkylation sites (N-methyl/N-ethyl adjacent to an activating group) is 1. The largest absolute Gasteiger partial charge is 0.382 e. The number of ether oxygens (including phenoxy) is 3. The molecule has 1 saturated heterocycles. The van der Waals surface area contributed by atoms with Gasteiger partial charge in [0, 0.05) is 26.5 Å². The summed E-state index contributed by atoms with van der Waals surface area (Å²) in [4.78, 5) is 38.3. The van der Waals surface area contributed by atoms with Gasteiger partial charge in [-0.15, -0.1) is 0 Å². The van der Waals surface area contributed by atoms with E-state index < -0.39 is 42.1 Å². The van der Waals surface area contributed by atoms with E-state index in [1.54, 1.807) is 5.48 Å². The van der Waals surface area contributed by atoms with Crippen LogP contribution in [0.25, 0.3) is 0 Å². The summed E-state index contributed by atoms with van der Waals surface area (Å²) in [6.07, 6.45) is -1.34. The Labute approximate surface area is 194 Å². The highest BCUT2D eigenvalue weighted by Crippen LogP contribution is 2.38. The van der Waals surface area contributed by atoms with E-state index in [1.165, 1.54) is 14.2 Å². The normalized spacial score (nSPS) is 23.2. The lowest BCUT2D eigenvalue weighted by atomic mass is 9.82. The number of methoxy groups -OCH3 is 1. The van der Waals surface area contributed by atoms with E-state index >= 15 is 0 Å². The average Bonchev–Trinajstić information content (AvgIpc) is 3.15. The molecule has 10 heteroatoms. The summed E-state index contributed by atoms with van der Waals surface area (Å²) < 4.78 is 16.5. The van der Waals surface area contributed by atoms with E-state index in [2.05, 4.69) is 10.6 Å². The smallest absolute Gasteiger partial charge is 0.272 e. The third-order valence-electron chi connectivity index (χ3n) is 5.57. The van der Waals surface area contributed by atoms with Crippen LogP contribution in [-0.4, -0.2) is 68.7 Å². The number of rotatable bonds is 12. The molecule has 4 N–H and O–H groups in total. The molecule has 0 bridgehead atoms. The Morgan fingerprint density at radius 1 is 1.12 bits per heavy atom. The SMILES string of the molecule is CNC(=O)[C@@H](Cc1ccccc1)NC(=O)[C@H]1[C@@H](OCCOC)O[C@H](C(=O)NO)[C@H]1CC(C)C. The minimum absolute atomic E-state index is 0.139. The summed E-state index contributed by atoms with van der Waals surface area (Å²) in [5, 5.41) is 14.6. The lowest BCUT2D eigenvalue weighted by molar-refractivity contribution is -0.174. The molecule has 1 heterocycles. The third-order valence-corrected chi connectivity index (χ3v) is 5.57. The second kappa shape index (κ2) is 13.2. The molecule has 5 atom stereocenters. The first-order valence-corrected chi connectivity index (χ1v) is 11.1. The Kier molecular flexibility index (Phi) is 10.7. The van der Waals surface area contributed by atoms with E-state index in [4.69, 9.17) is 14.2 Å². The zero-order chi connectivity index (χ0) is 24.4. The molecule has 2 rings (SSSR count). The quantitative estimate of drug-likeness (QED) is 0.202. The summed E-state index contributed by atoms with van der Waals surface area (Å²) in [5.41, 5.74) is 2.51. The number of amides is 3. The molecule has 3 amide bonds. The molecule has 0 aromatic heterocycles. The number of hydroxylamine groups is 1. The summed E-state index contributed by atoms with van der Waals surface area (Å²) in [6.45, 7) is 4.35. The highest BCUT2D eigenvalue weighted by atomic mass is 16.7. The van der Waals surface area contributed by atoms with Gasteiger partial charge in [0.05, 0.1) is 19.1 Å². The van der Waals surface area contributed by atoms with Crippen molar-refractivity contribution in [3.05, 3.63) is 35.9 Å². The van der Waals surface area contributed by atoms with Crippen LogP contribution in [0.5, 0.6) is 0 Å². The van der Waals surface area contributed by atoms with Gasteiger partial charge in [-0.05, 0) is 17.9 Å². The second-order valence-corrected chi connectivity index (χ2v) is 8.45. The molecule has 0 spiro atoms. The maximum absolute atomic E-state index is 13.5. The molecule has 1 fully saturated rings. The number of benzene rings is 1. The Morgan fingerprint density at radius 3 is 2.39 bits per heavy atom. The van der Waals surface area contributed by atoms with Crippen molar-refractivity contribution >= 4 is 17.7 Å². The zero-order valence-electron chi connectivity index (χ0n) is 19.6. The number of hydrogen-bond acceptors (Lipinski definition) is 7. The van der Waals surface area contributed by atoms with Crippen LogP contribution in [-0.2, 0) is 35.0 Å². The molecule has 1 aliphatic rings. The predicted molar refractivity (Wildman–Crippen MR) is 119 cm³/mol. The molecular formula is C23H35N3O7. The topological polar surface area (TPSA) is 135 Å². The number of carbonyl (C=O) groups excluding carboxylic acids is 3. The van der Waals surface area contributed by atoms with Crippen molar-refractivity contribution in [2.24, 2.45) is 17.8 Å². The first kappa shape index (κ1) is 26.7. The lowest BCUT2D eigenvalue weighted by Gasteiger charge is -2.26. The Bertz CT molecular complexity index is 775. The van der Waals surface area contributed by atoms with Gasteiger partial charge in [0.25, 0.3) is 5.91 Å². The van der Waals surface area contributed by atoms with Crippen LogP contribution in [0, 0.1) is 17.8 Å². The van der Waals surface area contributed by atoms with E-state index in [-0.39, 0.29) is 25.0 Å². The van der Waals surface area contributed by atoms with E-state index in [9.17, 15) is 19.6 Å². The molecule has 0 unspecified atom stereocenters. The van der Waals surface area contributed by atoms with Crippen molar-refractivity contribution in [1.29, 1.82) is 0 Å². The minimum atomic E-state index is -1.08. The van der Waals surface area contributed by atoms with Crippen molar-refractivity contribution in [1.82, 2.24) is 16.1 Å². The van der Waals surface area contributed by atoms with Crippen LogP contribution in [0.1, 0.15) is 25.8 Å². The van der Waals surface area contributed by atoms with Crippen LogP contribution in [0.4, 0.5) is 0 Å². The second-order valence-electron chi connectivity index (χ2n) is 8.45. The Morgan fingerprint density at radius 2 is 1.82 bits per heavy atom. The fourth-order valence-corrected chi connectivity index (χ4v) is 4.06. The standard InChI is InChI=1S/C23H35N3O7/c1-14(2)12-16-18(23(32-11-10-31-4)33-19(16)22(29)26-30)21(28)25-17(20(27)24-3)13-15-8-6-5-7-9-15/h5-9,14,16-19,23,30H,10-13H2,1-4H3,(H,24,27)(H,25,28)(H,26,29)/t16-,17+,18-,19-,23-/m0/s1. The van der Waals surface area contributed by atoms with Crippen molar-refractivity contribution in [2.75, 3.05) is 27.4 Å². The van der Waals surface area contributed by atoms with Crippen molar-refractivity contribution in [3.8, 4) is 0 Å². The summed E-state index contributed by atoms with van der Waals surface area (Å²) in [6, 6.07) is 8.52. The molecule has 184 valence electrons. The summed E-state index contributed by atoms with van der Waals surface area (Å²) >= 11 is 0. The third kappa shape index (κ3) is 7.50. The van der Waals surface area contributed by atoms with Crippen LogP contribution >= 0.6 is 0 Å². The number of hydrogen-bond donors (Lipinski definition) is 4. The van der Waals surface area contributed by atoms with Gasteiger partial charge >= 0.3 is 0 Å². The summed E-state index contributed by atoms with van der Waals surface area (Å²) in [7, 11) is 3.02. The van der Waals surface area contributed by atoms with Gasteiger partial charge in [0.15, 0.2) is 6.29 Å². The number of carbonyl (C=O) groups is 3. The van der Waals surface area contributed by atoms with E-state index in [0.29, 0.717) is 12.8 Å². The van der Waals surface area contributed by atoms with Crippen LogP contribution in [0.3, 0.4) is 0 Å². The maximum Gasteiger partial charge on any atom is 0.272 e.